The minimum Gasteiger partial charge on any atom is -0.324 e. The molecule has 0 bridgehead atoms. The number of nitrogens with zero attached hydrogens (tertiary/aromatic N) is 5. The van der Waals surface area contributed by atoms with Gasteiger partial charge in [-0.05, 0) is 75.0 Å². The van der Waals surface area contributed by atoms with Gasteiger partial charge in [0.25, 0.3) is 5.56 Å². The van der Waals surface area contributed by atoms with E-state index < -0.39 is 18.3 Å². The first kappa shape index (κ1) is 24.6. The van der Waals surface area contributed by atoms with Crippen molar-refractivity contribution < 1.29 is 13.2 Å². The third-order valence-corrected chi connectivity index (χ3v) is 7.57. The maximum Gasteiger partial charge on any atom is 0.408 e. The summed E-state index contributed by atoms with van der Waals surface area (Å²) in [6, 6.07) is 11.2. The van der Waals surface area contributed by atoms with Gasteiger partial charge in [0, 0.05) is 28.5 Å². The molecule has 3 aromatic heterocycles. The van der Waals surface area contributed by atoms with Crippen LogP contribution in [0.15, 0.2) is 47.4 Å². The lowest BCUT2D eigenvalue weighted by Crippen LogP contribution is -2.42. The standard InChI is InChI=1S/C27H28F3N7O/c1-25(2)19-8-7-17(13-16(19)9-12-32-25)33-24-31-14-18-22(35-24)37(36(23(18)38)15-27(28,29)30)21-6-4-5-20(34-21)26(3)10-11-26/h4-8,13-14,32H,9-12,15H2,1-3H3,(H,31,33,35). The van der Waals surface area contributed by atoms with Crippen LogP contribution in [0, 0.1) is 0 Å². The Hall–Kier alpha value is -3.73. The van der Waals surface area contributed by atoms with Crippen LogP contribution in [0.25, 0.3) is 16.9 Å². The van der Waals surface area contributed by atoms with Crippen molar-refractivity contribution in [3.63, 3.8) is 0 Å². The van der Waals surface area contributed by atoms with Crippen LogP contribution in [0.5, 0.6) is 0 Å². The van der Waals surface area contributed by atoms with Gasteiger partial charge in [-0.25, -0.2) is 19.3 Å². The molecule has 8 nitrogen and oxygen atoms in total. The number of alkyl halides is 3. The summed E-state index contributed by atoms with van der Waals surface area (Å²) in [5.74, 6) is 0.383. The fraction of sp³-hybridized carbons (Fsp3) is 0.407. The minimum absolute atomic E-state index is 0.0112. The summed E-state index contributed by atoms with van der Waals surface area (Å²) in [7, 11) is 0. The molecule has 0 amide bonds. The third kappa shape index (κ3) is 4.34. The SMILES string of the molecule is CC1(c2cccc(-n3c4nc(Nc5ccc6c(c5)CCNC6(C)C)ncc4c(=O)n3CC(F)(F)F)n2)CC1. The summed E-state index contributed by atoms with van der Waals surface area (Å²) < 4.78 is 42.4. The van der Waals surface area contributed by atoms with Crippen LogP contribution in [0.2, 0.25) is 0 Å². The van der Waals surface area contributed by atoms with Gasteiger partial charge in [0.2, 0.25) is 5.95 Å². The van der Waals surface area contributed by atoms with Crippen LogP contribution in [0.4, 0.5) is 24.8 Å². The van der Waals surface area contributed by atoms with E-state index in [0.717, 1.165) is 41.9 Å². The summed E-state index contributed by atoms with van der Waals surface area (Å²) in [5.41, 5.74) is 2.93. The fourth-order valence-corrected chi connectivity index (χ4v) is 5.18. The van der Waals surface area contributed by atoms with Crippen molar-refractivity contribution in [1.29, 1.82) is 0 Å². The van der Waals surface area contributed by atoms with E-state index in [1.165, 1.54) is 17.3 Å². The summed E-state index contributed by atoms with van der Waals surface area (Å²) in [6.07, 6.45) is -0.565. The van der Waals surface area contributed by atoms with Gasteiger partial charge in [0.15, 0.2) is 11.5 Å². The van der Waals surface area contributed by atoms with Crippen molar-refractivity contribution in [2.75, 3.05) is 11.9 Å². The lowest BCUT2D eigenvalue weighted by molar-refractivity contribution is -0.144. The Kier molecular flexibility index (Phi) is 5.43. The molecule has 38 heavy (non-hydrogen) atoms. The maximum absolute atomic E-state index is 13.5. The van der Waals surface area contributed by atoms with Gasteiger partial charge in [-0.3, -0.25) is 4.79 Å². The Labute approximate surface area is 216 Å². The molecule has 2 N–H and O–H groups in total. The van der Waals surface area contributed by atoms with Crippen molar-refractivity contribution in [3.8, 4) is 5.82 Å². The molecule has 1 aliphatic heterocycles. The average Bonchev–Trinajstić information content (AvgIpc) is 3.55. The van der Waals surface area contributed by atoms with E-state index >= 15 is 0 Å². The second-order valence-electron chi connectivity index (χ2n) is 11.0. The maximum atomic E-state index is 13.5. The lowest BCUT2D eigenvalue weighted by Gasteiger charge is -2.34. The first-order valence-corrected chi connectivity index (χ1v) is 12.6. The largest absolute Gasteiger partial charge is 0.408 e. The van der Waals surface area contributed by atoms with Gasteiger partial charge in [-0.2, -0.15) is 18.2 Å². The van der Waals surface area contributed by atoms with Gasteiger partial charge in [0.1, 0.15) is 11.9 Å². The number of rotatable bonds is 5. The van der Waals surface area contributed by atoms with Crippen LogP contribution in [0.3, 0.4) is 0 Å². The Bertz CT molecular complexity index is 1620. The van der Waals surface area contributed by atoms with Gasteiger partial charge in [-0.1, -0.05) is 19.1 Å². The van der Waals surface area contributed by atoms with Gasteiger partial charge in [0.05, 0.1) is 0 Å². The molecule has 1 aromatic carbocycles. The average molecular weight is 524 g/mol. The highest BCUT2D eigenvalue weighted by atomic mass is 19.4. The molecule has 1 aliphatic carbocycles. The number of hydrogen-bond acceptors (Lipinski definition) is 6. The van der Waals surface area contributed by atoms with Crippen LogP contribution in [-0.2, 0) is 23.9 Å². The molecule has 4 aromatic rings. The van der Waals surface area contributed by atoms with Crippen molar-refractivity contribution in [2.45, 2.75) is 63.7 Å². The first-order chi connectivity index (χ1) is 17.9. The molecule has 1 fully saturated rings. The van der Waals surface area contributed by atoms with Gasteiger partial charge < -0.3 is 10.6 Å². The molecule has 0 unspecified atom stereocenters. The zero-order valence-electron chi connectivity index (χ0n) is 21.4. The molecule has 2 aliphatic rings. The van der Waals surface area contributed by atoms with E-state index in [4.69, 9.17) is 0 Å². The number of halogens is 3. The second-order valence-corrected chi connectivity index (χ2v) is 11.0. The molecule has 1 saturated carbocycles. The van der Waals surface area contributed by atoms with E-state index in [2.05, 4.69) is 46.4 Å². The zero-order chi connectivity index (χ0) is 26.9. The van der Waals surface area contributed by atoms with E-state index in [-0.39, 0.29) is 33.8 Å². The van der Waals surface area contributed by atoms with Crippen LogP contribution < -0.4 is 16.2 Å². The van der Waals surface area contributed by atoms with Crippen LogP contribution >= 0.6 is 0 Å². The van der Waals surface area contributed by atoms with Gasteiger partial charge >= 0.3 is 6.18 Å². The molecular formula is C27H28F3N7O. The highest BCUT2D eigenvalue weighted by Gasteiger charge is 2.41. The normalized spacial score (nSPS) is 17.8. The number of hydrogen-bond donors (Lipinski definition) is 2. The summed E-state index contributed by atoms with van der Waals surface area (Å²) in [6.45, 7) is 5.72. The summed E-state index contributed by atoms with van der Waals surface area (Å²) >= 11 is 0. The van der Waals surface area contributed by atoms with Crippen LogP contribution in [-0.4, -0.2) is 37.0 Å². The second kappa shape index (κ2) is 8.39. The number of anilines is 2. The highest BCUT2D eigenvalue weighted by Crippen LogP contribution is 2.46. The van der Waals surface area contributed by atoms with E-state index in [1.807, 2.05) is 24.3 Å². The Morgan fingerprint density at radius 1 is 1.11 bits per heavy atom. The van der Waals surface area contributed by atoms with Crippen molar-refractivity contribution in [3.05, 3.63) is 69.8 Å². The van der Waals surface area contributed by atoms with Crippen LogP contribution in [0.1, 0.15) is 50.4 Å². The monoisotopic (exact) mass is 523 g/mol. The molecule has 0 radical (unpaired) electrons. The molecule has 0 spiro atoms. The lowest BCUT2D eigenvalue weighted by atomic mass is 9.85. The third-order valence-electron chi connectivity index (χ3n) is 7.57. The van der Waals surface area contributed by atoms with Crippen molar-refractivity contribution >= 4 is 22.7 Å². The molecule has 11 heteroatoms. The number of aromatic nitrogens is 5. The van der Waals surface area contributed by atoms with E-state index in [1.54, 1.807) is 12.1 Å². The molecule has 6 rings (SSSR count). The molecule has 4 heterocycles. The molecule has 198 valence electrons. The van der Waals surface area contributed by atoms with E-state index in [0.29, 0.717) is 4.68 Å². The van der Waals surface area contributed by atoms with E-state index in [9.17, 15) is 18.0 Å². The van der Waals surface area contributed by atoms with Crippen molar-refractivity contribution in [2.24, 2.45) is 0 Å². The number of pyridine rings is 1. The molecule has 0 saturated heterocycles. The number of benzene rings is 1. The highest BCUT2D eigenvalue weighted by molar-refractivity contribution is 5.77. The predicted molar refractivity (Wildman–Crippen MR) is 138 cm³/mol. The quantitative estimate of drug-likeness (QED) is 0.394. The first-order valence-electron chi connectivity index (χ1n) is 12.6. The zero-order valence-corrected chi connectivity index (χ0v) is 21.4. The Morgan fingerprint density at radius 3 is 2.63 bits per heavy atom. The topological polar surface area (TPSA) is 89.7 Å². The predicted octanol–water partition coefficient (Wildman–Crippen LogP) is 4.72. The Morgan fingerprint density at radius 2 is 1.89 bits per heavy atom. The van der Waals surface area contributed by atoms with Gasteiger partial charge in [-0.15, -0.1) is 0 Å². The fourth-order valence-electron chi connectivity index (χ4n) is 5.18. The number of nitrogens with one attached hydrogen (secondary N) is 2. The minimum atomic E-state index is -4.61. The van der Waals surface area contributed by atoms with Crippen molar-refractivity contribution in [1.82, 2.24) is 29.6 Å². The summed E-state index contributed by atoms with van der Waals surface area (Å²) in [5, 5.41) is 6.65. The molecule has 0 atom stereocenters. The smallest absolute Gasteiger partial charge is 0.324 e. The summed E-state index contributed by atoms with van der Waals surface area (Å²) in [4.78, 5) is 26.5. The Balaban J connectivity index is 1.45. The molecular weight excluding hydrogens is 495 g/mol. The number of fused-ring (bicyclic) bond motifs is 2.